The van der Waals surface area contributed by atoms with Crippen LogP contribution in [0.25, 0.3) is 0 Å². The fraction of sp³-hybridized carbons (Fsp3) is 0.667. The van der Waals surface area contributed by atoms with Crippen LogP contribution in [-0.4, -0.2) is 29.9 Å². The number of hydrogen-bond acceptors (Lipinski definition) is 4. The van der Waals surface area contributed by atoms with E-state index < -0.39 is 18.2 Å². The molecule has 62 valence electrons. The second-order valence-corrected chi connectivity index (χ2v) is 2.41. The van der Waals surface area contributed by atoms with Gasteiger partial charge in [-0.3, -0.25) is 0 Å². The van der Waals surface area contributed by atoms with Crippen molar-refractivity contribution in [2.75, 3.05) is 6.61 Å². The van der Waals surface area contributed by atoms with Crippen molar-refractivity contribution in [1.82, 2.24) is 0 Å². The first kappa shape index (κ1) is 7.84. The predicted octanol–water partition coefficient (Wildman–Crippen LogP) is 0.242. The Morgan fingerprint density at radius 1 is 1.82 bits per heavy atom. The van der Waals surface area contributed by atoms with Crippen molar-refractivity contribution in [2.24, 2.45) is 5.92 Å². The third kappa shape index (κ3) is 1.60. The quantitative estimate of drug-likeness (QED) is 0.556. The van der Waals surface area contributed by atoms with E-state index in [1.165, 1.54) is 0 Å². The lowest BCUT2D eigenvalue weighted by Gasteiger charge is -2.07. The molecule has 0 aromatic heterocycles. The van der Waals surface area contributed by atoms with Gasteiger partial charge in [0.2, 0.25) is 6.10 Å². The molecule has 11 heavy (non-hydrogen) atoms. The Balaban J connectivity index is 2.54. The van der Waals surface area contributed by atoms with Crippen LogP contribution in [0.4, 0.5) is 4.79 Å². The van der Waals surface area contributed by atoms with E-state index in [-0.39, 0.29) is 12.5 Å². The zero-order valence-corrected chi connectivity index (χ0v) is 5.94. The van der Waals surface area contributed by atoms with Crippen LogP contribution in [0.5, 0.6) is 0 Å². The van der Waals surface area contributed by atoms with Crippen molar-refractivity contribution in [3.8, 4) is 0 Å². The molecule has 5 nitrogen and oxygen atoms in total. The Morgan fingerprint density at radius 3 is 2.82 bits per heavy atom. The van der Waals surface area contributed by atoms with E-state index in [9.17, 15) is 9.59 Å². The van der Waals surface area contributed by atoms with Gasteiger partial charge in [0.25, 0.3) is 0 Å². The van der Waals surface area contributed by atoms with E-state index in [2.05, 4.69) is 9.47 Å². The number of cyclic esters (lactones) is 1. The summed E-state index contributed by atoms with van der Waals surface area (Å²) in [5.41, 5.74) is 0. The van der Waals surface area contributed by atoms with E-state index in [1.807, 2.05) is 0 Å². The molecule has 5 heteroatoms. The molecule has 1 saturated heterocycles. The lowest BCUT2D eigenvalue weighted by Crippen LogP contribution is -2.26. The molecule has 0 saturated carbocycles. The number of rotatable bonds is 1. The van der Waals surface area contributed by atoms with Gasteiger partial charge >= 0.3 is 12.1 Å². The average molecular weight is 160 g/mol. The lowest BCUT2D eigenvalue weighted by atomic mass is 10.1. The highest BCUT2D eigenvalue weighted by Crippen LogP contribution is 2.17. The Labute approximate surface area is 62.9 Å². The smallest absolute Gasteiger partial charge is 0.462 e. The van der Waals surface area contributed by atoms with Gasteiger partial charge in [-0.15, -0.1) is 0 Å². The van der Waals surface area contributed by atoms with Crippen molar-refractivity contribution >= 4 is 12.1 Å². The van der Waals surface area contributed by atoms with Crippen molar-refractivity contribution in [2.45, 2.75) is 13.0 Å². The summed E-state index contributed by atoms with van der Waals surface area (Å²) < 4.78 is 8.83. The molecule has 0 aromatic rings. The van der Waals surface area contributed by atoms with Gasteiger partial charge in [-0.05, 0) is 0 Å². The average Bonchev–Trinajstić information content (AvgIpc) is 2.18. The molecule has 2 atom stereocenters. The zero-order chi connectivity index (χ0) is 8.43. The molecular formula is C6H8O5. The SMILES string of the molecule is CC1COC(=O)C1OC(=O)O. The van der Waals surface area contributed by atoms with Crippen molar-refractivity contribution < 1.29 is 24.2 Å². The first-order valence-electron chi connectivity index (χ1n) is 3.17. The molecule has 1 fully saturated rings. The topological polar surface area (TPSA) is 72.8 Å². The highest BCUT2D eigenvalue weighted by molar-refractivity contribution is 5.79. The number of hydrogen-bond donors (Lipinski definition) is 1. The summed E-state index contributed by atoms with van der Waals surface area (Å²) in [7, 11) is 0. The highest BCUT2D eigenvalue weighted by Gasteiger charge is 2.37. The minimum absolute atomic E-state index is 0.182. The van der Waals surface area contributed by atoms with Gasteiger partial charge in [0, 0.05) is 5.92 Å². The van der Waals surface area contributed by atoms with Gasteiger partial charge in [-0.1, -0.05) is 6.92 Å². The van der Waals surface area contributed by atoms with Crippen LogP contribution in [-0.2, 0) is 14.3 Å². The molecule has 0 amide bonds. The maximum Gasteiger partial charge on any atom is 0.506 e. The fourth-order valence-corrected chi connectivity index (χ4v) is 0.888. The minimum Gasteiger partial charge on any atom is -0.462 e. The van der Waals surface area contributed by atoms with Gasteiger partial charge in [-0.25, -0.2) is 9.59 Å². The third-order valence-corrected chi connectivity index (χ3v) is 1.47. The van der Waals surface area contributed by atoms with Crippen molar-refractivity contribution in [1.29, 1.82) is 0 Å². The van der Waals surface area contributed by atoms with Crippen LogP contribution in [0.3, 0.4) is 0 Å². The maximum absolute atomic E-state index is 10.7. The fourth-order valence-electron chi connectivity index (χ4n) is 0.888. The van der Waals surface area contributed by atoms with Crippen molar-refractivity contribution in [3.05, 3.63) is 0 Å². The Kier molecular flexibility index (Phi) is 1.98. The Morgan fingerprint density at radius 2 is 2.45 bits per heavy atom. The molecular weight excluding hydrogens is 152 g/mol. The summed E-state index contributed by atoms with van der Waals surface area (Å²) in [6.07, 6.45) is -2.38. The van der Waals surface area contributed by atoms with Crippen LogP contribution in [0.15, 0.2) is 0 Å². The van der Waals surface area contributed by atoms with Gasteiger partial charge in [0.15, 0.2) is 0 Å². The number of carboxylic acid groups (broad SMARTS) is 1. The molecule has 1 aliphatic rings. The summed E-state index contributed by atoms with van der Waals surface area (Å²) in [6, 6.07) is 0. The number of esters is 1. The summed E-state index contributed by atoms with van der Waals surface area (Å²) >= 11 is 0. The first-order valence-corrected chi connectivity index (χ1v) is 3.17. The molecule has 1 aliphatic heterocycles. The van der Waals surface area contributed by atoms with E-state index >= 15 is 0 Å². The monoisotopic (exact) mass is 160 g/mol. The normalized spacial score (nSPS) is 29.7. The summed E-state index contributed by atoms with van der Waals surface area (Å²) in [5.74, 6) is -0.779. The second-order valence-electron chi connectivity index (χ2n) is 2.41. The Hall–Kier alpha value is -1.26. The molecule has 0 aliphatic carbocycles. The van der Waals surface area contributed by atoms with Crippen LogP contribution in [0, 0.1) is 5.92 Å². The standard InChI is InChI=1S/C6H8O5/c1-3-2-10-5(7)4(3)11-6(8)9/h3-4H,2H2,1H3,(H,8,9). The molecule has 1 N–H and O–H groups in total. The number of carbonyl (C=O) groups excluding carboxylic acids is 1. The van der Waals surface area contributed by atoms with Crippen molar-refractivity contribution in [3.63, 3.8) is 0 Å². The highest BCUT2D eigenvalue weighted by atomic mass is 16.7. The van der Waals surface area contributed by atoms with Gasteiger partial charge < -0.3 is 14.6 Å². The molecule has 0 bridgehead atoms. The molecule has 2 unspecified atom stereocenters. The largest absolute Gasteiger partial charge is 0.506 e. The van der Waals surface area contributed by atoms with Crippen LogP contribution >= 0.6 is 0 Å². The van der Waals surface area contributed by atoms with Crippen LogP contribution < -0.4 is 0 Å². The summed E-state index contributed by atoms with van der Waals surface area (Å²) in [5, 5.41) is 8.18. The van der Waals surface area contributed by atoms with E-state index in [1.54, 1.807) is 6.92 Å². The second kappa shape index (κ2) is 2.77. The van der Waals surface area contributed by atoms with Crippen LogP contribution in [0.2, 0.25) is 0 Å². The molecule has 0 radical (unpaired) electrons. The van der Waals surface area contributed by atoms with Gasteiger partial charge in [0.1, 0.15) is 0 Å². The summed E-state index contributed by atoms with van der Waals surface area (Å²) in [4.78, 5) is 20.7. The van der Waals surface area contributed by atoms with Crippen LogP contribution in [0.1, 0.15) is 6.92 Å². The first-order chi connectivity index (χ1) is 5.11. The zero-order valence-electron chi connectivity index (χ0n) is 5.94. The van der Waals surface area contributed by atoms with Gasteiger partial charge in [0.05, 0.1) is 6.61 Å². The molecule has 1 heterocycles. The molecule has 1 rings (SSSR count). The molecule has 0 spiro atoms. The molecule has 0 aromatic carbocycles. The van der Waals surface area contributed by atoms with E-state index in [4.69, 9.17) is 5.11 Å². The Bertz CT molecular complexity index is 187. The maximum atomic E-state index is 10.7. The number of ether oxygens (including phenoxy) is 2. The van der Waals surface area contributed by atoms with Gasteiger partial charge in [-0.2, -0.15) is 0 Å². The van der Waals surface area contributed by atoms with E-state index in [0.29, 0.717) is 0 Å². The van der Waals surface area contributed by atoms with E-state index in [0.717, 1.165) is 0 Å². The predicted molar refractivity (Wildman–Crippen MR) is 33.0 cm³/mol. The lowest BCUT2D eigenvalue weighted by molar-refractivity contribution is -0.145. The number of carbonyl (C=O) groups is 2. The summed E-state index contributed by atoms with van der Waals surface area (Å²) in [6.45, 7) is 1.93. The minimum atomic E-state index is -1.44. The third-order valence-electron chi connectivity index (χ3n) is 1.47.